The van der Waals surface area contributed by atoms with Gasteiger partial charge >= 0.3 is 6.09 Å². The van der Waals surface area contributed by atoms with Gasteiger partial charge in [0.05, 0.1) is 12.6 Å². The summed E-state index contributed by atoms with van der Waals surface area (Å²) in [7, 11) is 0. The van der Waals surface area contributed by atoms with E-state index in [1.54, 1.807) is 24.3 Å². The first kappa shape index (κ1) is 27.3. The Morgan fingerprint density at radius 1 is 0.951 bits per heavy atom. The fraction of sp³-hybridized carbons (Fsp3) is 0.207. The zero-order valence-corrected chi connectivity index (χ0v) is 21.8. The Kier molecular flexibility index (Phi) is 8.18. The van der Waals surface area contributed by atoms with Crippen LogP contribution in [0, 0.1) is 5.82 Å². The van der Waals surface area contributed by atoms with Gasteiger partial charge in [0.1, 0.15) is 42.6 Å². The van der Waals surface area contributed by atoms with Crippen LogP contribution in [0.15, 0.2) is 91.5 Å². The van der Waals surface area contributed by atoms with Gasteiger partial charge in [0.2, 0.25) is 11.8 Å². The van der Waals surface area contributed by atoms with Gasteiger partial charge in [0.25, 0.3) is 0 Å². The molecule has 1 saturated heterocycles. The van der Waals surface area contributed by atoms with Crippen LogP contribution < -0.4 is 10.1 Å². The van der Waals surface area contributed by atoms with E-state index in [9.17, 15) is 23.9 Å². The molecule has 0 bridgehead atoms. The number of carbonyl (C=O) groups excluding carboxylic acids is 2. The van der Waals surface area contributed by atoms with Crippen molar-refractivity contribution in [3.63, 3.8) is 0 Å². The third-order valence-corrected chi connectivity index (χ3v) is 6.66. The molecule has 1 fully saturated rings. The highest BCUT2D eigenvalue weighted by Crippen LogP contribution is 2.25. The Morgan fingerprint density at radius 3 is 2.27 bits per heavy atom. The Hall–Kier alpha value is -5.26. The third-order valence-electron chi connectivity index (χ3n) is 6.66. The van der Waals surface area contributed by atoms with E-state index in [-0.39, 0.29) is 31.4 Å². The summed E-state index contributed by atoms with van der Waals surface area (Å²) < 4.78 is 20.2. The smallest absolute Gasteiger partial charge is 0.407 e. The van der Waals surface area contributed by atoms with Crippen molar-refractivity contribution in [3.05, 3.63) is 103 Å². The number of carboxylic acid groups (broad SMARTS) is 1. The minimum atomic E-state index is -1.17. The summed E-state index contributed by atoms with van der Waals surface area (Å²) in [5.74, 6) is -0.376. The van der Waals surface area contributed by atoms with E-state index < -0.39 is 24.1 Å². The lowest BCUT2D eigenvalue weighted by atomic mass is 9.98. The van der Waals surface area contributed by atoms with Crippen LogP contribution in [0.2, 0.25) is 0 Å². The lowest BCUT2D eigenvalue weighted by Gasteiger charge is -2.45. The van der Waals surface area contributed by atoms with Crippen LogP contribution in [0.5, 0.6) is 11.5 Å². The Balaban J connectivity index is 1.37. The molecule has 11 nitrogen and oxygen atoms in total. The maximum Gasteiger partial charge on any atom is 0.407 e. The van der Waals surface area contributed by atoms with Gasteiger partial charge in [0.15, 0.2) is 0 Å². The van der Waals surface area contributed by atoms with E-state index in [0.717, 1.165) is 10.5 Å². The van der Waals surface area contributed by atoms with E-state index in [1.165, 1.54) is 46.5 Å². The second-order valence-corrected chi connectivity index (χ2v) is 9.51. The number of carbonyl (C=O) groups is 3. The average Bonchev–Trinajstić information content (AvgIpc) is 3.48. The van der Waals surface area contributed by atoms with Crippen molar-refractivity contribution in [1.29, 1.82) is 0 Å². The van der Waals surface area contributed by atoms with Crippen molar-refractivity contribution in [1.82, 2.24) is 24.6 Å². The van der Waals surface area contributed by atoms with Gasteiger partial charge in [-0.15, -0.1) is 0 Å². The quantitative estimate of drug-likeness (QED) is 0.338. The SMILES string of the molecule is O=C(Nc1ccc(Oc2ccc(F)cc2)cc1)C1CN(C(=O)O)CC(Cc2ccccc2)N1C(=O)Cn1cncn1. The fourth-order valence-electron chi connectivity index (χ4n) is 4.77. The number of piperazine rings is 1. The molecule has 2 N–H and O–H groups in total. The number of anilines is 1. The van der Waals surface area contributed by atoms with Gasteiger partial charge < -0.3 is 25.0 Å². The molecule has 0 aliphatic carbocycles. The van der Waals surface area contributed by atoms with Gasteiger partial charge in [0, 0.05) is 12.2 Å². The maximum atomic E-state index is 13.6. The van der Waals surface area contributed by atoms with Crippen molar-refractivity contribution >= 4 is 23.6 Å². The van der Waals surface area contributed by atoms with E-state index in [1.807, 2.05) is 30.3 Å². The predicted molar refractivity (Wildman–Crippen MR) is 146 cm³/mol. The summed E-state index contributed by atoms with van der Waals surface area (Å²) in [4.78, 5) is 45.8. The summed E-state index contributed by atoms with van der Waals surface area (Å²) >= 11 is 0. The van der Waals surface area contributed by atoms with Gasteiger partial charge in [-0.2, -0.15) is 5.10 Å². The number of hydrogen-bond donors (Lipinski definition) is 2. The molecular weight excluding hydrogens is 531 g/mol. The molecule has 2 unspecified atom stereocenters. The van der Waals surface area contributed by atoms with Gasteiger partial charge in [-0.1, -0.05) is 30.3 Å². The van der Waals surface area contributed by atoms with Crippen LogP contribution in [-0.2, 0) is 22.6 Å². The summed E-state index contributed by atoms with van der Waals surface area (Å²) in [6.45, 7) is -0.300. The first-order chi connectivity index (χ1) is 19.9. The molecule has 5 rings (SSSR count). The van der Waals surface area contributed by atoms with Crippen molar-refractivity contribution in [2.24, 2.45) is 0 Å². The molecule has 1 aliphatic heterocycles. The second kappa shape index (κ2) is 12.3. The van der Waals surface area contributed by atoms with Crippen molar-refractivity contribution in [2.75, 3.05) is 18.4 Å². The largest absolute Gasteiger partial charge is 0.465 e. The van der Waals surface area contributed by atoms with E-state index in [2.05, 4.69) is 15.4 Å². The molecule has 4 aromatic rings. The third kappa shape index (κ3) is 6.85. The van der Waals surface area contributed by atoms with Gasteiger partial charge in [-0.25, -0.2) is 18.9 Å². The molecule has 2 atom stereocenters. The molecule has 0 saturated carbocycles. The molecule has 1 aromatic heterocycles. The van der Waals surface area contributed by atoms with Crippen LogP contribution in [0.25, 0.3) is 0 Å². The molecule has 2 heterocycles. The highest BCUT2D eigenvalue weighted by atomic mass is 19.1. The summed E-state index contributed by atoms with van der Waals surface area (Å²) in [6, 6.07) is 19.8. The average molecular weight is 559 g/mol. The summed E-state index contributed by atoms with van der Waals surface area (Å²) in [5.41, 5.74) is 1.33. The van der Waals surface area contributed by atoms with Gasteiger partial charge in [-0.05, 0) is 60.5 Å². The van der Waals surface area contributed by atoms with E-state index in [0.29, 0.717) is 23.6 Å². The zero-order valence-electron chi connectivity index (χ0n) is 21.8. The number of rotatable bonds is 8. The van der Waals surface area contributed by atoms with Crippen LogP contribution in [0.1, 0.15) is 5.56 Å². The highest BCUT2D eigenvalue weighted by molar-refractivity contribution is 5.98. The molecule has 0 spiro atoms. The predicted octanol–water partition coefficient (Wildman–Crippen LogP) is 3.65. The van der Waals surface area contributed by atoms with Gasteiger partial charge in [-0.3, -0.25) is 9.59 Å². The van der Waals surface area contributed by atoms with E-state index in [4.69, 9.17) is 4.74 Å². The van der Waals surface area contributed by atoms with Crippen molar-refractivity contribution < 1.29 is 28.6 Å². The molecule has 41 heavy (non-hydrogen) atoms. The second-order valence-electron chi connectivity index (χ2n) is 9.51. The van der Waals surface area contributed by atoms with Crippen LogP contribution in [-0.4, -0.2) is 72.8 Å². The monoisotopic (exact) mass is 558 g/mol. The van der Waals surface area contributed by atoms with Crippen LogP contribution in [0.3, 0.4) is 0 Å². The number of halogens is 1. The molecular formula is C29H27FN6O5. The lowest BCUT2D eigenvalue weighted by Crippen LogP contribution is -2.65. The van der Waals surface area contributed by atoms with Crippen molar-refractivity contribution in [2.45, 2.75) is 25.0 Å². The number of aromatic nitrogens is 3. The number of ether oxygens (including phenoxy) is 1. The summed E-state index contributed by atoms with van der Waals surface area (Å²) in [5, 5.41) is 16.7. The van der Waals surface area contributed by atoms with Crippen LogP contribution >= 0.6 is 0 Å². The minimum Gasteiger partial charge on any atom is -0.465 e. The normalized spacial score (nSPS) is 16.7. The Labute approximate surface area is 234 Å². The van der Waals surface area contributed by atoms with Crippen LogP contribution in [0.4, 0.5) is 14.9 Å². The number of nitrogens with one attached hydrogen (secondary N) is 1. The number of hydrogen-bond acceptors (Lipinski definition) is 6. The molecule has 3 amide bonds. The number of nitrogens with zero attached hydrogens (tertiary/aromatic N) is 5. The number of amides is 3. The Bertz CT molecular complexity index is 1480. The van der Waals surface area contributed by atoms with Crippen molar-refractivity contribution in [3.8, 4) is 11.5 Å². The first-order valence-corrected chi connectivity index (χ1v) is 12.9. The molecule has 3 aromatic carbocycles. The molecule has 0 radical (unpaired) electrons. The molecule has 210 valence electrons. The zero-order chi connectivity index (χ0) is 28.8. The number of benzene rings is 3. The fourth-order valence-corrected chi connectivity index (χ4v) is 4.77. The minimum absolute atomic E-state index is 0.0481. The standard InChI is InChI=1S/C29H27FN6O5/c30-21-6-10-24(11-7-21)41-25-12-8-22(9-13-25)33-28(38)26-16-34(29(39)40)15-23(14-20-4-2-1-3-5-20)36(26)27(37)17-35-19-31-18-32-35/h1-13,18-19,23,26H,14-17H2,(H,33,38)(H,39,40). The Morgan fingerprint density at radius 2 is 1.63 bits per heavy atom. The lowest BCUT2D eigenvalue weighted by molar-refractivity contribution is -0.146. The topological polar surface area (TPSA) is 130 Å². The molecule has 1 aliphatic rings. The maximum absolute atomic E-state index is 13.6. The van der Waals surface area contributed by atoms with E-state index >= 15 is 0 Å². The first-order valence-electron chi connectivity index (χ1n) is 12.9. The molecule has 12 heteroatoms. The highest BCUT2D eigenvalue weighted by Gasteiger charge is 2.42. The summed E-state index contributed by atoms with van der Waals surface area (Å²) in [6.07, 6.45) is 1.89.